The van der Waals surface area contributed by atoms with E-state index in [-0.39, 0.29) is 12.1 Å². The fourth-order valence-electron chi connectivity index (χ4n) is 2.63. The Morgan fingerprint density at radius 2 is 2.12 bits per heavy atom. The second kappa shape index (κ2) is 4.88. The quantitative estimate of drug-likeness (QED) is 0.590. The van der Waals surface area contributed by atoms with Crippen LogP contribution in [0.5, 0.6) is 0 Å². The predicted molar refractivity (Wildman–Crippen MR) is 66.2 cm³/mol. The van der Waals surface area contributed by atoms with Crippen molar-refractivity contribution >= 4 is 5.97 Å². The number of benzene rings is 1. The minimum atomic E-state index is -0.164. The van der Waals surface area contributed by atoms with Crippen molar-refractivity contribution in [1.82, 2.24) is 0 Å². The lowest BCUT2D eigenvalue weighted by atomic mass is 10.2. The molecule has 2 atom stereocenters. The van der Waals surface area contributed by atoms with Crippen molar-refractivity contribution in [3.8, 4) is 0 Å². The number of quaternary nitrogens is 1. The average molecular weight is 234 g/mol. The molecule has 0 aromatic heterocycles. The Labute approximate surface area is 103 Å². The number of carbonyl (C=O) groups excluding carboxylic acids is 1. The van der Waals surface area contributed by atoms with E-state index < -0.39 is 0 Å². The van der Waals surface area contributed by atoms with E-state index in [2.05, 4.69) is 31.3 Å². The minimum absolute atomic E-state index is 0.0983. The van der Waals surface area contributed by atoms with Crippen LogP contribution in [0.1, 0.15) is 18.9 Å². The Hall–Kier alpha value is -1.35. The number of hydrogen-bond donors (Lipinski definition) is 0. The maximum absolute atomic E-state index is 10.9. The Morgan fingerprint density at radius 1 is 1.41 bits per heavy atom. The van der Waals surface area contributed by atoms with Crippen LogP contribution < -0.4 is 0 Å². The lowest BCUT2D eigenvalue weighted by molar-refractivity contribution is -0.912. The third-order valence-corrected chi connectivity index (χ3v) is 3.38. The zero-order valence-corrected chi connectivity index (χ0v) is 10.6. The smallest absolute Gasteiger partial charge is 0.303 e. The molecule has 1 aliphatic rings. The molecule has 1 aromatic carbocycles. The van der Waals surface area contributed by atoms with Gasteiger partial charge in [0.1, 0.15) is 13.1 Å². The highest BCUT2D eigenvalue weighted by Crippen LogP contribution is 2.23. The Kier molecular flexibility index (Phi) is 3.48. The molecular weight excluding hydrogens is 214 g/mol. The second-order valence-corrected chi connectivity index (χ2v) is 5.19. The monoisotopic (exact) mass is 234 g/mol. The predicted octanol–water partition coefficient (Wildman–Crippen LogP) is 1.97. The molecule has 0 amide bonds. The van der Waals surface area contributed by atoms with Crippen LogP contribution in [0.15, 0.2) is 30.3 Å². The molecule has 1 heterocycles. The van der Waals surface area contributed by atoms with Crippen molar-refractivity contribution in [2.45, 2.75) is 26.0 Å². The van der Waals surface area contributed by atoms with Gasteiger partial charge in [-0.15, -0.1) is 0 Å². The zero-order chi connectivity index (χ0) is 12.3. The second-order valence-electron chi connectivity index (χ2n) is 5.19. The molecule has 1 aliphatic heterocycles. The molecule has 3 heteroatoms. The lowest BCUT2D eigenvalue weighted by Crippen LogP contribution is -2.41. The number of rotatable bonds is 3. The largest absolute Gasteiger partial charge is 0.456 e. The molecule has 2 rings (SSSR count). The van der Waals surface area contributed by atoms with Gasteiger partial charge in [0.15, 0.2) is 6.10 Å². The first-order chi connectivity index (χ1) is 8.07. The Morgan fingerprint density at radius 3 is 2.76 bits per heavy atom. The van der Waals surface area contributed by atoms with Crippen LogP contribution in [-0.2, 0) is 16.1 Å². The Bertz CT molecular complexity index is 390. The fraction of sp³-hybridized carbons (Fsp3) is 0.500. The molecule has 1 aromatic rings. The molecule has 0 saturated carbocycles. The summed E-state index contributed by atoms with van der Waals surface area (Å²) in [5, 5.41) is 0. The van der Waals surface area contributed by atoms with Crippen LogP contribution in [0.3, 0.4) is 0 Å². The summed E-state index contributed by atoms with van der Waals surface area (Å²) >= 11 is 0. The third-order valence-electron chi connectivity index (χ3n) is 3.38. The summed E-state index contributed by atoms with van der Waals surface area (Å²) in [6, 6.07) is 10.5. The third kappa shape index (κ3) is 3.30. The molecule has 92 valence electrons. The normalized spacial score (nSPS) is 28.0. The van der Waals surface area contributed by atoms with E-state index in [9.17, 15) is 4.79 Å². The van der Waals surface area contributed by atoms with Crippen molar-refractivity contribution in [2.75, 3.05) is 20.1 Å². The molecule has 1 saturated heterocycles. The molecule has 1 fully saturated rings. The van der Waals surface area contributed by atoms with Gasteiger partial charge in [-0.1, -0.05) is 30.3 Å². The SMILES string of the molecule is CC(=O)O[C@@H]1CC[N@+](C)(Cc2ccccc2)C1. The number of carbonyl (C=O) groups is 1. The number of hydrogen-bond acceptors (Lipinski definition) is 2. The summed E-state index contributed by atoms with van der Waals surface area (Å²) in [5.41, 5.74) is 1.35. The summed E-state index contributed by atoms with van der Waals surface area (Å²) in [4.78, 5) is 10.9. The van der Waals surface area contributed by atoms with E-state index in [0.29, 0.717) is 0 Å². The van der Waals surface area contributed by atoms with Gasteiger partial charge in [-0.25, -0.2) is 0 Å². The van der Waals surface area contributed by atoms with Crippen LogP contribution in [0.25, 0.3) is 0 Å². The standard InChI is InChI=1S/C14H20NO2/c1-12(16)17-14-8-9-15(2,11-14)10-13-6-4-3-5-7-13/h3-7,14H,8-11H2,1-2H3/q+1/t14-,15-/m1/s1. The van der Waals surface area contributed by atoms with Gasteiger partial charge >= 0.3 is 5.97 Å². The molecular formula is C14H20NO2+. The van der Waals surface area contributed by atoms with E-state index in [0.717, 1.165) is 30.5 Å². The van der Waals surface area contributed by atoms with Gasteiger partial charge in [0, 0.05) is 18.9 Å². The van der Waals surface area contributed by atoms with Gasteiger partial charge in [0.05, 0.1) is 13.6 Å². The molecule has 0 N–H and O–H groups in total. The number of nitrogens with zero attached hydrogens (tertiary/aromatic N) is 1. The number of esters is 1. The van der Waals surface area contributed by atoms with Crippen LogP contribution in [-0.4, -0.2) is 36.7 Å². The van der Waals surface area contributed by atoms with E-state index in [4.69, 9.17) is 4.74 Å². The molecule has 0 unspecified atom stereocenters. The lowest BCUT2D eigenvalue weighted by Gasteiger charge is -2.29. The first-order valence-corrected chi connectivity index (χ1v) is 6.12. The van der Waals surface area contributed by atoms with E-state index >= 15 is 0 Å². The maximum Gasteiger partial charge on any atom is 0.303 e. The summed E-state index contributed by atoms with van der Waals surface area (Å²) in [6.45, 7) is 4.50. The Balaban J connectivity index is 1.95. The van der Waals surface area contributed by atoms with Gasteiger partial charge in [-0.3, -0.25) is 4.79 Å². The molecule has 0 radical (unpaired) electrons. The highest BCUT2D eigenvalue weighted by atomic mass is 16.5. The molecule has 0 bridgehead atoms. The van der Waals surface area contributed by atoms with Crippen LogP contribution in [0, 0.1) is 0 Å². The number of ether oxygens (including phenoxy) is 1. The molecule has 3 nitrogen and oxygen atoms in total. The van der Waals surface area contributed by atoms with Crippen molar-refractivity contribution in [1.29, 1.82) is 0 Å². The summed E-state index contributed by atoms with van der Waals surface area (Å²) in [6.07, 6.45) is 1.07. The minimum Gasteiger partial charge on any atom is -0.456 e. The van der Waals surface area contributed by atoms with Crippen molar-refractivity contribution in [3.63, 3.8) is 0 Å². The zero-order valence-electron chi connectivity index (χ0n) is 10.6. The highest BCUT2D eigenvalue weighted by Gasteiger charge is 2.36. The number of likely N-dealkylation sites (N-methyl/N-ethyl adjacent to an activating group) is 1. The molecule has 0 spiro atoms. The maximum atomic E-state index is 10.9. The summed E-state index contributed by atoms with van der Waals surface area (Å²) in [5.74, 6) is -0.164. The van der Waals surface area contributed by atoms with E-state index in [1.165, 1.54) is 12.5 Å². The van der Waals surface area contributed by atoms with Gasteiger partial charge in [-0.05, 0) is 0 Å². The van der Waals surface area contributed by atoms with Gasteiger partial charge in [0.25, 0.3) is 0 Å². The van der Waals surface area contributed by atoms with Crippen LogP contribution in [0.2, 0.25) is 0 Å². The summed E-state index contributed by atoms with van der Waals surface area (Å²) in [7, 11) is 2.23. The van der Waals surface area contributed by atoms with Crippen molar-refractivity contribution < 1.29 is 14.0 Å². The van der Waals surface area contributed by atoms with Gasteiger partial charge in [0.2, 0.25) is 0 Å². The van der Waals surface area contributed by atoms with Crippen molar-refractivity contribution in [3.05, 3.63) is 35.9 Å². The first-order valence-electron chi connectivity index (χ1n) is 6.12. The van der Waals surface area contributed by atoms with E-state index in [1.54, 1.807) is 0 Å². The van der Waals surface area contributed by atoms with Gasteiger partial charge < -0.3 is 9.22 Å². The van der Waals surface area contributed by atoms with Crippen LogP contribution in [0.4, 0.5) is 0 Å². The van der Waals surface area contributed by atoms with Gasteiger partial charge in [-0.2, -0.15) is 0 Å². The number of likely N-dealkylation sites (tertiary alicyclic amines) is 1. The van der Waals surface area contributed by atoms with Crippen LogP contribution >= 0.6 is 0 Å². The van der Waals surface area contributed by atoms with E-state index in [1.807, 2.05) is 6.07 Å². The first kappa shape index (κ1) is 12.1. The highest BCUT2D eigenvalue weighted by molar-refractivity contribution is 5.66. The van der Waals surface area contributed by atoms with Crippen molar-refractivity contribution in [2.24, 2.45) is 0 Å². The topological polar surface area (TPSA) is 26.3 Å². The molecule has 17 heavy (non-hydrogen) atoms. The summed E-state index contributed by atoms with van der Waals surface area (Å²) < 4.78 is 6.25. The molecule has 0 aliphatic carbocycles. The average Bonchev–Trinajstić information content (AvgIpc) is 2.60. The fourth-order valence-corrected chi connectivity index (χ4v) is 2.63.